The number of aryl methyl sites for hydroxylation is 1. The van der Waals surface area contributed by atoms with Crippen molar-refractivity contribution in [2.45, 2.75) is 19.2 Å². The SMILES string of the molecule is COc1ccc(Oc2cc3c(cc2C)C=CC(C(F)(F)F)O3)c(Cl)c1. The molecule has 1 aliphatic heterocycles. The summed E-state index contributed by atoms with van der Waals surface area (Å²) < 4.78 is 54.4. The van der Waals surface area contributed by atoms with Crippen LogP contribution in [0.15, 0.2) is 36.4 Å². The number of methoxy groups -OCH3 is 1. The van der Waals surface area contributed by atoms with Gasteiger partial charge in [-0.2, -0.15) is 13.2 Å². The second-order valence-corrected chi connectivity index (χ2v) is 5.90. The number of alkyl halides is 3. The topological polar surface area (TPSA) is 27.7 Å². The van der Waals surface area contributed by atoms with Crippen molar-refractivity contribution in [1.82, 2.24) is 0 Å². The number of hydrogen-bond acceptors (Lipinski definition) is 3. The lowest BCUT2D eigenvalue weighted by atomic mass is 10.1. The maximum atomic E-state index is 12.8. The molecule has 0 fully saturated rings. The molecule has 3 rings (SSSR count). The van der Waals surface area contributed by atoms with E-state index >= 15 is 0 Å². The van der Waals surface area contributed by atoms with Crippen LogP contribution in [0.1, 0.15) is 11.1 Å². The standard InChI is InChI=1S/C18H14ClF3O3/c1-10-7-11-3-6-17(18(20,21)22)25-16(11)9-15(10)24-14-5-4-12(23-2)8-13(14)19/h3-9,17H,1-2H3. The predicted octanol–water partition coefficient (Wildman–Crippen LogP) is 5.79. The highest BCUT2D eigenvalue weighted by Crippen LogP contribution is 2.39. The highest BCUT2D eigenvalue weighted by atomic mass is 35.5. The molecular weight excluding hydrogens is 357 g/mol. The fraction of sp³-hybridized carbons (Fsp3) is 0.222. The molecule has 0 radical (unpaired) electrons. The number of benzene rings is 2. The molecule has 1 heterocycles. The fourth-order valence-corrected chi connectivity index (χ4v) is 2.60. The minimum atomic E-state index is -4.47. The largest absolute Gasteiger partial charge is 0.497 e. The molecule has 0 spiro atoms. The molecule has 2 aromatic carbocycles. The minimum absolute atomic E-state index is 0.107. The Hall–Kier alpha value is -2.34. The summed E-state index contributed by atoms with van der Waals surface area (Å²) in [7, 11) is 1.52. The van der Waals surface area contributed by atoms with Gasteiger partial charge in [0.25, 0.3) is 0 Å². The monoisotopic (exact) mass is 370 g/mol. The fourth-order valence-electron chi connectivity index (χ4n) is 2.39. The minimum Gasteiger partial charge on any atom is -0.497 e. The molecule has 0 aliphatic carbocycles. The maximum Gasteiger partial charge on any atom is 0.429 e. The number of hydrogen-bond donors (Lipinski definition) is 0. The zero-order valence-corrected chi connectivity index (χ0v) is 14.1. The number of ether oxygens (including phenoxy) is 3. The van der Waals surface area contributed by atoms with E-state index in [1.54, 1.807) is 31.2 Å². The van der Waals surface area contributed by atoms with Gasteiger partial charge in [-0.05, 0) is 36.8 Å². The van der Waals surface area contributed by atoms with Gasteiger partial charge < -0.3 is 14.2 Å². The summed E-state index contributed by atoms with van der Waals surface area (Å²) in [5.41, 5.74) is 1.30. The molecule has 132 valence electrons. The van der Waals surface area contributed by atoms with E-state index in [4.69, 9.17) is 25.8 Å². The van der Waals surface area contributed by atoms with Crippen LogP contribution in [0.2, 0.25) is 5.02 Å². The summed E-state index contributed by atoms with van der Waals surface area (Å²) in [5.74, 6) is 1.40. The van der Waals surface area contributed by atoms with Crippen LogP contribution in [0, 0.1) is 6.92 Å². The van der Waals surface area contributed by atoms with Crippen LogP contribution < -0.4 is 14.2 Å². The van der Waals surface area contributed by atoms with E-state index in [9.17, 15) is 13.2 Å². The van der Waals surface area contributed by atoms with Crippen molar-refractivity contribution in [2.75, 3.05) is 7.11 Å². The van der Waals surface area contributed by atoms with Gasteiger partial charge in [0, 0.05) is 17.7 Å². The van der Waals surface area contributed by atoms with E-state index in [0.29, 0.717) is 27.8 Å². The molecule has 2 aromatic rings. The van der Waals surface area contributed by atoms with Gasteiger partial charge >= 0.3 is 6.18 Å². The van der Waals surface area contributed by atoms with Crippen molar-refractivity contribution in [3.63, 3.8) is 0 Å². The molecule has 1 unspecified atom stereocenters. The van der Waals surface area contributed by atoms with Crippen LogP contribution in [0.3, 0.4) is 0 Å². The molecule has 25 heavy (non-hydrogen) atoms. The van der Waals surface area contributed by atoms with Crippen LogP contribution in [-0.2, 0) is 0 Å². The first-order valence-electron chi connectivity index (χ1n) is 7.35. The first-order chi connectivity index (χ1) is 11.8. The lowest BCUT2D eigenvalue weighted by Gasteiger charge is -2.24. The normalized spacial score (nSPS) is 16.2. The molecular formula is C18H14ClF3O3. The molecule has 0 aromatic heterocycles. The van der Waals surface area contributed by atoms with Gasteiger partial charge in [0.2, 0.25) is 6.10 Å². The molecule has 0 saturated carbocycles. The highest BCUT2D eigenvalue weighted by molar-refractivity contribution is 6.32. The molecule has 0 N–H and O–H groups in total. The Labute approximate surface area is 147 Å². The van der Waals surface area contributed by atoms with Crippen LogP contribution in [0.25, 0.3) is 6.08 Å². The van der Waals surface area contributed by atoms with Crippen molar-refractivity contribution in [3.8, 4) is 23.0 Å². The Bertz CT molecular complexity index is 831. The van der Waals surface area contributed by atoms with E-state index in [0.717, 1.165) is 11.6 Å². The van der Waals surface area contributed by atoms with Crippen LogP contribution in [0.4, 0.5) is 13.2 Å². The quantitative estimate of drug-likeness (QED) is 0.684. The summed E-state index contributed by atoms with van der Waals surface area (Å²) in [4.78, 5) is 0. The van der Waals surface area contributed by atoms with Gasteiger partial charge in [0.15, 0.2) is 0 Å². The molecule has 0 amide bonds. The number of halogens is 4. The average Bonchev–Trinajstić information content (AvgIpc) is 2.55. The lowest BCUT2D eigenvalue weighted by Crippen LogP contribution is -2.33. The van der Waals surface area contributed by atoms with Gasteiger partial charge in [-0.3, -0.25) is 0 Å². The molecule has 3 nitrogen and oxygen atoms in total. The van der Waals surface area contributed by atoms with Crippen LogP contribution >= 0.6 is 11.6 Å². The van der Waals surface area contributed by atoms with Gasteiger partial charge in [0.05, 0.1) is 12.1 Å². The summed E-state index contributed by atoms with van der Waals surface area (Å²) in [5, 5.41) is 0.324. The third kappa shape index (κ3) is 3.69. The first kappa shape index (κ1) is 17.5. The van der Waals surface area contributed by atoms with Gasteiger partial charge in [0.1, 0.15) is 23.0 Å². The first-order valence-corrected chi connectivity index (χ1v) is 7.73. The van der Waals surface area contributed by atoms with E-state index in [-0.39, 0.29) is 5.75 Å². The van der Waals surface area contributed by atoms with E-state index in [1.807, 2.05) is 0 Å². The van der Waals surface area contributed by atoms with E-state index in [1.165, 1.54) is 19.3 Å². The predicted molar refractivity (Wildman–Crippen MR) is 88.8 cm³/mol. The maximum absolute atomic E-state index is 12.8. The van der Waals surface area contributed by atoms with Crippen LogP contribution in [-0.4, -0.2) is 19.4 Å². The molecule has 1 atom stereocenters. The number of fused-ring (bicyclic) bond motifs is 1. The highest BCUT2D eigenvalue weighted by Gasteiger charge is 2.41. The third-order valence-corrected chi connectivity index (χ3v) is 3.99. The Morgan fingerprint density at radius 3 is 2.52 bits per heavy atom. The zero-order chi connectivity index (χ0) is 18.2. The molecule has 1 aliphatic rings. The van der Waals surface area contributed by atoms with Crippen LogP contribution in [0.5, 0.6) is 23.0 Å². The smallest absolute Gasteiger partial charge is 0.429 e. The Kier molecular flexibility index (Phi) is 4.56. The second kappa shape index (κ2) is 6.52. The van der Waals surface area contributed by atoms with E-state index in [2.05, 4.69) is 0 Å². The molecule has 0 bridgehead atoms. The summed E-state index contributed by atoms with van der Waals surface area (Å²) >= 11 is 6.14. The van der Waals surface area contributed by atoms with Crippen molar-refractivity contribution < 1.29 is 27.4 Å². The lowest BCUT2D eigenvalue weighted by molar-refractivity contribution is -0.180. The Morgan fingerprint density at radius 2 is 1.88 bits per heavy atom. The van der Waals surface area contributed by atoms with Gasteiger partial charge in [-0.1, -0.05) is 17.7 Å². The second-order valence-electron chi connectivity index (χ2n) is 5.49. The summed E-state index contributed by atoms with van der Waals surface area (Å²) in [6, 6.07) is 8.02. The molecule has 7 heteroatoms. The zero-order valence-electron chi connectivity index (χ0n) is 13.4. The van der Waals surface area contributed by atoms with Crippen molar-refractivity contribution in [1.29, 1.82) is 0 Å². The van der Waals surface area contributed by atoms with E-state index < -0.39 is 12.3 Å². The van der Waals surface area contributed by atoms with Gasteiger partial charge in [-0.15, -0.1) is 0 Å². The van der Waals surface area contributed by atoms with Crippen molar-refractivity contribution in [3.05, 3.63) is 52.6 Å². The van der Waals surface area contributed by atoms with Crippen molar-refractivity contribution >= 4 is 17.7 Å². The van der Waals surface area contributed by atoms with Gasteiger partial charge in [-0.25, -0.2) is 0 Å². The van der Waals surface area contributed by atoms with Crippen molar-refractivity contribution in [2.24, 2.45) is 0 Å². The Balaban J connectivity index is 1.91. The number of rotatable bonds is 3. The Morgan fingerprint density at radius 1 is 1.12 bits per heavy atom. The summed E-state index contributed by atoms with van der Waals surface area (Å²) in [6.45, 7) is 1.79. The summed E-state index contributed by atoms with van der Waals surface area (Å²) in [6.07, 6.45) is -4.06. The third-order valence-electron chi connectivity index (χ3n) is 3.69. The molecule has 0 saturated heterocycles. The average molecular weight is 371 g/mol.